The standard InChI is InChI=1S/C22H15FO5S/c1-14-3-2-4-15(11-14)12-21-22(24)19-10-7-17(13-20(19)27-21)28-29(25,26)18-8-5-16(23)6-9-18/h2-13H,1H3/b21-12-. The van der Waals surface area contributed by atoms with Crippen LogP contribution in [0.4, 0.5) is 4.39 Å². The lowest BCUT2D eigenvalue weighted by molar-refractivity contribution is 0.101. The molecule has 0 radical (unpaired) electrons. The van der Waals surface area contributed by atoms with Gasteiger partial charge in [-0.3, -0.25) is 4.79 Å². The van der Waals surface area contributed by atoms with E-state index in [1.807, 2.05) is 31.2 Å². The first-order valence-corrected chi connectivity index (χ1v) is 10.1. The quantitative estimate of drug-likeness (QED) is 0.467. The number of fused-ring (bicyclic) bond motifs is 1. The van der Waals surface area contributed by atoms with Crippen molar-refractivity contribution < 1.29 is 26.5 Å². The molecule has 0 aromatic heterocycles. The molecular formula is C22H15FO5S. The molecule has 0 amide bonds. The predicted molar refractivity (Wildman–Crippen MR) is 105 cm³/mol. The summed E-state index contributed by atoms with van der Waals surface area (Å²) in [5.41, 5.74) is 2.18. The minimum Gasteiger partial charge on any atom is -0.452 e. The third kappa shape index (κ3) is 3.90. The molecule has 5 nitrogen and oxygen atoms in total. The van der Waals surface area contributed by atoms with Gasteiger partial charge >= 0.3 is 10.1 Å². The van der Waals surface area contributed by atoms with Crippen molar-refractivity contribution in [2.24, 2.45) is 0 Å². The molecule has 3 aromatic carbocycles. The van der Waals surface area contributed by atoms with Crippen molar-refractivity contribution in [3.05, 3.63) is 95.0 Å². The third-order valence-electron chi connectivity index (χ3n) is 4.29. The first-order valence-electron chi connectivity index (χ1n) is 8.67. The number of ketones is 1. The van der Waals surface area contributed by atoms with E-state index in [-0.39, 0.29) is 27.9 Å². The van der Waals surface area contributed by atoms with Crippen LogP contribution in [0.3, 0.4) is 0 Å². The summed E-state index contributed by atoms with van der Waals surface area (Å²) in [5, 5.41) is 0. The van der Waals surface area contributed by atoms with Crippen LogP contribution in [-0.2, 0) is 10.1 Å². The Hall–Kier alpha value is -3.45. The van der Waals surface area contributed by atoms with Crippen LogP contribution in [0.15, 0.2) is 77.4 Å². The average Bonchev–Trinajstić information content (AvgIpc) is 2.97. The van der Waals surface area contributed by atoms with Gasteiger partial charge in [0.05, 0.1) is 5.56 Å². The van der Waals surface area contributed by atoms with Gasteiger partial charge in [0.15, 0.2) is 5.76 Å². The molecule has 29 heavy (non-hydrogen) atoms. The highest BCUT2D eigenvalue weighted by Crippen LogP contribution is 2.35. The SMILES string of the molecule is Cc1cccc(/C=C2\Oc3cc(OS(=O)(=O)c4ccc(F)cc4)ccc3C2=O)c1. The number of hydrogen-bond acceptors (Lipinski definition) is 5. The summed E-state index contributed by atoms with van der Waals surface area (Å²) >= 11 is 0. The normalized spacial score (nSPS) is 14.6. The highest BCUT2D eigenvalue weighted by atomic mass is 32.2. The first kappa shape index (κ1) is 18.9. The molecule has 1 heterocycles. The molecule has 0 fully saturated rings. The minimum atomic E-state index is -4.15. The Labute approximate surface area is 167 Å². The van der Waals surface area contributed by atoms with Crippen LogP contribution >= 0.6 is 0 Å². The summed E-state index contributed by atoms with van der Waals surface area (Å²) in [4.78, 5) is 12.4. The van der Waals surface area contributed by atoms with E-state index >= 15 is 0 Å². The van der Waals surface area contributed by atoms with Gasteiger partial charge in [0.1, 0.15) is 22.2 Å². The van der Waals surface area contributed by atoms with Crippen LogP contribution in [0.2, 0.25) is 0 Å². The van der Waals surface area contributed by atoms with E-state index in [1.165, 1.54) is 18.2 Å². The lowest BCUT2D eigenvalue weighted by Gasteiger charge is -2.08. The fourth-order valence-electron chi connectivity index (χ4n) is 2.91. The Bertz CT molecular complexity index is 1240. The molecule has 0 aliphatic carbocycles. The Kier molecular flexibility index (Phi) is 4.68. The zero-order chi connectivity index (χ0) is 20.6. The maximum Gasteiger partial charge on any atom is 0.339 e. The zero-order valence-electron chi connectivity index (χ0n) is 15.3. The summed E-state index contributed by atoms with van der Waals surface area (Å²) < 4.78 is 48.4. The Morgan fingerprint density at radius 1 is 1.00 bits per heavy atom. The highest BCUT2D eigenvalue weighted by molar-refractivity contribution is 7.87. The van der Waals surface area contributed by atoms with Crippen LogP contribution in [-0.4, -0.2) is 14.2 Å². The van der Waals surface area contributed by atoms with Gasteiger partial charge in [-0.1, -0.05) is 29.8 Å². The van der Waals surface area contributed by atoms with E-state index in [2.05, 4.69) is 0 Å². The van der Waals surface area contributed by atoms with E-state index in [4.69, 9.17) is 8.92 Å². The van der Waals surface area contributed by atoms with Gasteiger partial charge in [-0.2, -0.15) is 8.42 Å². The molecule has 1 aliphatic heterocycles. The smallest absolute Gasteiger partial charge is 0.339 e. The number of allylic oxidation sites excluding steroid dienone is 1. The number of ether oxygens (including phenoxy) is 1. The van der Waals surface area contributed by atoms with Gasteiger partial charge < -0.3 is 8.92 Å². The van der Waals surface area contributed by atoms with Crippen LogP contribution in [0.25, 0.3) is 6.08 Å². The fraction of sp³-hybridized carbons (Fsp3) is 0.0455. The summed E-state index contributed by atoms with van der Waals surface area (Å²) in [5.74, 6) is -0.515. The summed E-state index contributed by atoms with van der Waals surface area (Å²) in [6, 6.07) is 16.0. The number of carbonyl (C=O) groups is 1. The van der Waals surface area contributed by atoms with Gasteiger partial charge in [0.2, 0.25) is 5.78 Å². The monoisotopic (exact) mass is 410 g/mol. The largest absolute Gasteiger partial charge is 0.452 e. The average molecular weight is 410 g/mol. The summed E-state index contributed by atoms with van der Waals surface area (Å²) in [6.45, 7) is 1.94. The molecule has 0 saturated carbocycles. The van der Waals surface area contributed by atoms with Crippen molar-refractivity contribution >= 4 is 22.0 Å². The number of Topliss-reactive ketones (excluding diaryl/α,β-unsaturated/α-hetero) is 1. The second-order valence-corrected chi connectivity index (χ2v) is 8.05. The number of halogens is 1. The molecule has 4 rings (SSSR count). The predicted octanol–water partition coefficient (Wildman–Crippen LogP) is 4.52. The molecular weight excluding hydrogens is 395 g/mol. The third-order valence-corrected chi connectivity index (χ3v) is 5.55. The second-order valence-electron chi connectivity index (χ2n) is 6.50. The number of hydrogen-bond donors (Lipinski definition) is 0. The van der Waals surface area contributed by atoms with Gasteiger partial charge in [-0.05, 0) is 55.0 Å². The number of carbonyl (C=O) groups excluding carboxylic acids is 1. The van der Waals surface area contributed by atoms with E-state index in [0.717, 1.165) is 35.4 Å². The van der Waals surface area contributed by atoms with Crippen LogP contribution in [0.5, 0.6) is 11.5 Å². The van der Waals surface area contributed by atoms with Crippen molar-refractivity contribution in [2.75, 3.05) is 0 Å². The van der Waals surface area contributed by atoms with Crippen molar-refractivity contribution in [1.29, 1.82) is 0 Å². The minimum absolute atomic E-state index is 0.0160. The van der Waals surface area contributed by atoms with Gasteiger partial charge in [0, 0.05) is 6.07 Å². The Morgan fingerprint density at radius 3 is 2.48 bits per heavy atom. The molecule has 1 aliphatic rings. The zero-order valence-corrected chi connectivity index (χ0v) is 16.1. The Balaban J connectivity index is 1.60. The molecule has 146 valence electrons. The van der Waals surface area contributed by atoms with Crippen molar-refractivity contribution in [3.63, 3.8) is 0 Å². The number of rotatable bonds is 4. The maximum absolute atomic E-state index is 13.0. The van der Waals surface area contributed by atoms with Gasteiger partial charge in [-0.15, -0.1) is 0 Å². The topological polar surface area (TPSA) is 69.7 Å². The summed E-state index contributed by atoms with van der Waals surface area (Å²) in [6.07, 6.45) is 1.63. The molecule has 0 bridgehead atoms. The lowest BCUT2D eigenvalue weighted by atomic mass is 10.1. The molecule has 0 spiro atoms. The number of aryl methyl sites for hydroxylation is 1. The van der Waals surface area contributed by atoms with Gasteiger partial charge in [0.25, 0.3) is 0 Å². The summed E-state index contributed by atoms with van der Waals surface area (Å²) in [7, 11) is -4.15. The molecule has 0 N–H and O–H groups in total. The molecule has 3 aromatic rings. The second kappa shape index (κ2) is 7.18. The van der Waals surface area contributed by atoms with E-state index in [1.54, 1.807) is 6.08 Å². The molecule has 0 atom stereocenters. The van der Waals surface area contributed by atoms with Crippen molar-refractivity contribution in [1.82, 2.24) is 0 Å². The highest BCUT2D eigenvalue weighted by Gasteiger charge is 2.28. The van der Waals surface area contributed by atoms with Crippen LogP contribution in [0.1, 0.15) is 21.5 Å². The van der Waals surface area contributed by atoms with E-state index in [9.17, 15) is 17.6 Å². The number of benzene rings is 3. The van der Waals surface area contributed by atoms with Crippen LogP contribution in [0, 0.1) is 12.7 Å². The molecule has 0 unspecified atom stereocenters. The molecule has 7 heteroatoms. The molecule has 0 saturated heterocycles. The fourth-order valence-corrected chi connectivity index (χ4v) is 3.83. The Morgan fingerprint density at radius 2 is 1.76 bits per heavy atom. The van der Waals surface area contributed by atoms with E-state index in [0.29, 0.717) is 5.56 Å². The van der Waals surface area contributed by atoms with Crippen LogP contribution < -0.4 is 8.92 Å². The van der Waals surface area contributed by atoms with Crippen molar-refractivity contribution in [3.8, 4) is 11.5 Å². The van der Waals surface area contributed by atoms with E-state index < -0.39 is 15.9 Å². The van der Waals surface area contributed by atoms with Gasteiger partial charge in [-0.25, -0.2) is 4.39 Å². The van der Waals surface area contributed by atoms with Crippen molar-refractivity contribution in [2.45, 2.75) is 11.8 Å². The maximum atomic E-state index is 13.0. The lowest BCUT2D eigenvalue weighted by Crippen LogP contribution is -2.09. The first-order chi connectivity index (χ1) is 13.8.